The summed E-state index contributed by atoms with van der Waals surface area (Å²) in [5, 5.41) is 4.99. The lowest BCUT2D eigenvalue weighted by atomic mass is 9.92. The maximum absolute atomic E-state index is 12.3. The maximum atomic E-state index is 12.3. The van der Waals surface area contributed by atoms with Gasteiger partial charge in [-0.25, -0.2) is 0 Å². The molecule has 3 aromatic rings. The van der Waals surface area contributed by atoms with Gasteiger partial charge in [0.2, 0.25) is 0 Å². The van der Waals surface area contributed by atoms with Crippen molar-refractivity contribution in [1.82, 2.24) is 9.78 Å². The molecule has 0 amide bonds. The Balaban J connectivity index is 1.62. The Hall–Kier alpha value is -2.68. The molecule has 0 N–H and O–H groups in total. The highest BCUT2D eigenvalue weighted by Gasteiger charge is 2.30. The number of carbonyl (C=O) groups is 1. The fraction of sp³-hybridized carbons (Fsp3) is 0.304. The number of hydrogen-bond acceptors (Lipinski definition) is 5. The minimum atomic E-state index is -2.48. The van der Waals surface area contributed by atoms with Gasteiger partial charge in [-0.15, -0.1) is 0 Å². The summed E-state index contributed by atoms with van der Waals surface area (Å²) in [6.07, 6.45) is 3.86. The first kappa shape index (κ1) is 22.5. The van der Waals surface area contributed by atoms with E-state index < -0.39 is 11.3 Å². The van der Waals surface area contributed by atoms with E-state index in [9.17, 15) is 13.6 Å². The van der Waals surface area contributed by atoms with Crippen molar-refractivity contribution in [2.24, 2.45) is 0 Å². The Morgan fingerprint density at radius 3 is 2.75 bits per heavy atom. The van der Waals surface area contributed by atoms with Crippen LogP contribution >= 0.6 is 11.6 Å². The number of halogens is 1. The lowest BCUT2D eigenvalue weighted by Crippen LogP contribution is -2.33. The van der Waals surface area contributed by atoms with Crippen LogP contribution in [-0.4, -0.2) is 31.1 Å². The summed E-state index contributed by atoms with van der Waals surface area (Å²) in [5.41, 5.74) is 4.17. The smallest absolute Gasteiger partial charge is 0.327 e. The zero-order chi connectivity index (χ0) is 22.7. The number of anilines is 1. The van der Waals surface area contributed by atoms with Crippen molar-refractivity contribution in [2.45, 2.75) is 38.8 Å². The van der Waals surface area contributed by atoms with E-state index in [2.05, 4.69) is 5.10 Å². The number of ether oxygens (including phenoxy) is 1. The minimum Gasteiger partial charge on any atom is -0.755 e. The summed E-state index contributed by atoms with van der Waals surface area (Å²) in [6, 6.07) is 14.5. The monoisotopic (exact) mass is 472 g/mol. The Bertz CT molecular complexity index is 1130. The average Bonchev–Trinajstić information content (AvgIpc) is 3.18. The van der Waals surface area contributed by atoms with E-state index >= 15 is 0 Å². The van der Waals surface area contributed by atoms with Gasteiger partial charge in [0.15, 0.2) is 0 Å². The molecule has 4 rings (SSSR count). The number of carbonyl (C=O) groups excluding carboxylic acids is 1. The minimum absolute atomic E-state index is 0.0185. The van der Waals surface area contributed by atoms with Crippen molar-refractivity contribution in [1.29, 1.82) is 0 Å². The molecule has 0 radical (unpaired) electrons. The number of hydrogen-bond donors (Lipinski definition) is 0. The average molecular weight is 473 g/mol. The fourth-order valence-electron chi connectivity index (χ4n) is 4.14. The molecule has 0 fully saturated rings. The van der Waals surface area contributed by atoms with Gasteiger partial charge in [-0.2, -0.15) is 5.10 Å². The van der Waals surface area contributed by atoms with Crippen molar-refractivity contribution in [3.8, 4) is 11.1 Å². The quantitative estimate of drug-likeness (QED) is 0.374. The van der Waals surface area contributed by atoms with Crippen LogP contribution in [-0.2, 0) is 33.8 Å². The number of fused-ring (bicyclic) bond motifs is 1. The zero-order valence-corrected chi connectivity index (χ0v) is 19.1. The lowest BCUT2D eigenvalue weighted by molar-refractivity contribution is -0.144. The van der Waals surface area contributed by atoms with Crippen molar-refractivity contribution in [2.75, 3.05) is 10.9 Å². The van der Waals surface area contributed by atoms with Gasteiger partial charge in [-0.05, 0) is 61.6 Å². The molecule has 32 heavy (non-hydrogen) atoms. The van der Waals surface area contributed by atoms with Gasteiger partial charge < -0.3 is 9.29 Å². The molecule has 0 aliphatic heterocycles. The summed E-state index contributed by atoms with van der Waals surface area (Å²) in [4.78, 5) is 11.9. The van der Waals surface area contributed by atoms with Crippen LogP contribution in [0.25, 0.3) is 11.1 Å². The van der Waals surface area contributed by atoms with Crippen molar-refractivity contribution < 1.29 is 18.3 Å². The second kappa shape index (κ2) is 9.85. The molecule has 1 aliphatic carbocycles. The van der Waals surface area contributed by atoms with Crippen LogP contribution in [0.2, 0.25) is 5.02 Å². The molecule has 0 saturated carbocycles. The topological polar surface area (TPSA) is 87.5 Å². The lowest BCUT2D eigenvalue weighted by Gasteiger charge is -2.37. The first-order valence-electron chi connectivity index (χ1n) is 10.4. The van der Waals surface area contributed by atoms with E-state index in [1.54, 1.807) is 29.9 Å². The number of esters is 1. The molecule has 7 nitrogen and oxygen atoms in total. The molecule has 0 bridgehead atoms. The van der Waals surface area contributed by atoms with Crippen LogP contribution in [0.4, 0.5) is 5.69 Å². The van der Waals surface area contributed by atoms with E-state index in [0.29, 0.717) is 23.7 Å². The molecule has 2 aromatic carbocycles. The number of rotatable bonds is 7. The molecule has 2 atom stereocenters. The third-order valence-corrected chi connectivity index (χ3v) is 6.56. The summed E-state index contributed by atoms with van der Waals surface area (Å²) in [5.74, 6) is -0.360. The molecule has 0 spiro atoms. The summed E-state index contributed by atoms with van der Waals surface area (Å²) >= 11 is 3.61. The molecule has 1 aromatic heterocycles. The second-order valence-electron chi connectivity index (χ2n) is 7.52. The highest BCUT2D eigenvalue weighted by atomic mass is 35.5. The molecule has 168 valence electrons. The Labute approximate surface area is 194 Å². The van der Waals surface area contributed by atoms with Gasteiger partial charge in [0.1, 0.15) is 6.54 Å². The molecule has 1 aliphatic rings. The third-order valence-electron chi connectivity index (χ3n) is 5.54. The van der Waals surface area contributed by atoms with Gasteiger partial charge in [0, 0.05) is 33.2 Å². The van der Waals surface area contributed by atoms with Gasteiger partial charge in [0.05, 0.1) is 18.8 Å². The van der Waals surface area contributed by atoms with Crippen LogP contribution in [0.3, 0.4) is 0 Å². The predicted molar refractivity (Wildman–Crippen MR) is 123 cm³/mol. The zero-order valence-electron chi connectivity index (χ0n) is 17.6. The van der Waals surface area contributed by atoms with Gasteiger partial charge in [-0.1, -0.05) is 35.9 Å². The van der Waals surface area contributed by atoms with Crippen LogP contribution in [0.15, 0.2) is 54.7 Å². The molecule has 0 saturated heterocycles. The second-order valence-corrected chi connectivity index (χ2v) is 8.78. The van der Waals surface area contributed by atoms with Crippen molar-refractivity contribution in [3.63, 3.8) is 0 Å². The highest BCUT2D eigenvalue weighted by molar-refractivity contribution is 7.80. The molecular weight excluding hydrogens is 450 g/mol. The largest absolute Gasteiger partial charge is 0.755 e. The number of aromatic nitrogens is 2. The standard InChI is InChI=1S/C23H24ClN3O4S/c1-2-31-23(28)15-26-21-7-4-8-22(20(21)14-25-26)27(32(29)30)19-11-9-16(10-12-19)17-5-3-6-18(24)13-17/h3,5-6,9-14,22H,2,4,7-8,15H2,1H3,(H,29,30)/p-1. The van der Waals surface area contributed by atoms with Gasteiger partial charge in [0.25, 0.3) is 0 Å². The highest BCUT2D eigenvalue weighted by Crippen LogP contribution is 2.38. The molecule has 1 heterocycles. The van der Waals surface area contributed by atoms with Gasteiger partial charge >= 0.3 is 5.97 Å². The summed E-state index contributed by atoms with van der Waals surface area (Å²) < 4.78 is 32.6. The Kier molecular flexibility index (Phi) is 6.93. The number of benzene rings is 2. The Morgan fingerprint density at radius 2 is 2.06 bits per heavy atom. The van der Waals surface area contributed by atoms with Gasteiger partial charge in [-0.3, -0.25) is 18.0 Å². The molecule has 2 unspecified atom stereocenters. The SMILES string of the molecule is CCOC(=O)Cn1ncc2c1CCCC2N(c1ccc(-c2cccc(Cl)c2)cc1)S(=O)[O-]. The maximum Gasteiger partial charge on any atom is 0.327 e. The van der Waals surface area contributed by atoms with E-state index in [1.165, 1.54) is 4.31 Å². The molecule has 9 heteroatoms. The van der Waals surface area contributed by atoms with Crippen LogP contribution in [0.1, 0.15) is 37.1 Å². The first-order valence-corrected chi connectivity index (χ1v) is 11.8. The van der Waals surface area contributed by atoms with Crippen LogP contribution in [0, 0.1) is 0 Å². The van der Waals surface area contributed by atoms with E-state index in [4.69, 9.17) is 16.3 Å². The fourth-order valence-corrected chi connectivity index (χ4v) is 5.05. The van der Waals surface area contributed by atoms with E-state index in [0.717, 1.165) is 35.2 Å². The predicted octanol–water partition coefficient (Wildman–Crippen LogP) is 4.44. The Morgan fingerprint density at radius 1 is 1.28 bits per heavy atom. The summed E-state index contributed by atoms with van der Waals surface area (Å²) in [7, 11) is 0. The van der Waals surface area contributed by atoms with Crippen LogP contribution in [0.5, 0.6) is 0 Å². The third kappa shape index (κ3) is 4.72. The van der Waals surface area contributed by atoms with Crippen molar-refractivity contribution in [3.05, 3.63) is 71.0 Å². The van der Waals surface area contributed by atoms with E-state index in [1.807, 2.05) is 36.4 Å². The summed E-state index contributed by atoms with van der Waals surface area (Å²) in [6.45, 7) is 2.08. The van der Waals surface area contributed by atoms with Crippen LogP contribution < -0.4 is 4.31 Å². The first-order chi connectivity index (χ1) is 15.5. The normalized spacial score (nSPS) is 16.3. The number of nitrogens with zero attached hydrogens (tertiary/aromatic N) is 3. The molecular formula is C23H23ClN3O4S-. The van der Waals surface area contributed by atoms with E-state index in [-0.39, 0.29) is 18.6 Å². The van der Waals surface area contributed by atoms with Crippen molar-refractivity contribution >= 4 is 34.5 Å².